The average Bonchev–Trinajstić information content (AvgIpc) is 2.67. The molecule has 1 saturated heterocycles. The zero-order valence-electron chi connectivity index (χ0n) is 14.4. The number of morpholine rings is 1. The fraction of sp³-hybridized carbons (Fsp3) is 0.263. The second-order valence-electron chi connectivity index (χ2n) is 6.17. The molecule has 0 aromatic heterocycles. The predicted molar refractivity (Wildman–Crippen MR) is 101 cm³/mol. The van der Waals surface area contributed by atoms with Crippen LogP contribution >= 0.6 is 15.9 Å². The first-order valence-electron chi connectivity index (χ1n) is 8.42. The lowest BCUT2D eigenvalue weighted by molar-refractivity contribution is -0.133. The van der Waals surface area contributed by atoms with Crippen LogP contribution in [0.3, 0.4) is 0 Å². The number of ether oxygens (including phenoxy) is 1. The van der Waals surface area contributed by atoms with Gasteiger partial charge in [-0.25, -0.2) is 9.18 Å². The van der Waals surface area contributed by atoms with Gasteiger partial charge in [-0.15, -0.1) is 0 Å². The van der Waals surface area contributed by atoms with E-state index in [2.05, 4.69) is 21.2 Å². The van der Waals surface area contributed by atoms with Crippen LogP contribution in [0.5, 0.6) is 0 Å². The van der Waals surface area contributed by atoms with E-state index in [1.54, 1.807) is 12.1 Å². The summed E-state index contributed by atoms with van der Waals surface area (Å²) < 4.78 is 20.4. The Morgan fingerprint density at radius 1 is 1.26 bits per heavy atom. The van der Waals surface area contributed by atoms with Crippen molar-refractivity contribution in [3.63, 3.8) is 0 Å². The van der Waals surface area contributed by atoms with E-state index in [1.807, 2.05) is 30.3 Å². The summed E-state index contributed by atoms with van der Waals surface area (Å²) >= 11 is 3.24. The standard InChI is InChI=1S/C19H19BrFN3O3/c20-13-6-7-14(15(21)10-13)17(12-4-2-1-3-5-12)23-19(26)24-8-9-27-16(11-24)18(22)25/h1-7,10,16-17H,8-9,11H2,(H2,22,25)(H,23,26)/t16-,17+/m1/s1. The molecule has 3 rings (SSSR count). The molecule has 1 fully saturated rings. The van der Waals surface area contributed by atoms with Crippen molar-refractivity contribution in [3.8, 4) is 0 Å². The third kappa shape index (κ3) is 4.64. The minimum atomic E-state index is -0.843. The number of primary amides is 1. The van der Waals surface area contributed by atoms with Crippen molar-refractivity contribution >= 4 is 27.9 Å². The summed E-state index contributed by atoms with van der Waals surface area (Å²) in [4.78, 5) is 25.6. The molecule has 27 heavy (non-hydrogen) atoms. The predicted octanol–water partition coefficient (Wildman–Crippen LogP) is 2.57. The molecule has 8 heteroatoms. The Kier molecular flexibility index (Phi) is 6.08. The zero-order valence-corrected chi connectivity index (χ0v) is 16.0. The number of nitrogens with two attached hydrogens (primary N) is 1. The molecule has 0 spiro atoms. The normalized spacial score (nSPS) is 18.0. The van der Waals surface area contributed by atoms with E-state index in [9.17, 15) is 14.0 Å². The fourth-order valence-electron chi connectivity index (χ4n) is 2.94. The average molecular weight is 436 g/mol. The Bertz CT molecular complexity index is 834. The van der Waals surface area contributed by atoms with Gasteiger partial charge in [-0.05, 0) is 17.7 Å². The first-order valence-corrected chi connectivity index (χ1v) is 9.21. The highest BCUT2D eigenvalue weighted by atomic mass is 79.9. The number of hydrogen-bond donors (Lipinski definition) is 2. The molecule has 2 aromatic rings. The number of urea groups is 1. The van der Waals surface area contributed by atoms with Gasteiger partial charge < -0.3 is 20.7 Å². The zero-order chi connectivity index (χ0) is 19.4. The molecule has 2 atom stereocenters. The van der Waals surface area contributed by atoms with E-state index in [-0.39, 0.29) is 13.2 Å². The third-order valence-electron chi connectivity index (χ3n) is 4.35. The quantitative estimate of drug-likeness (QED) is 0.773. The topological polar surface area (TPSA) is 84.7 Å². The molecule has 1 heterocycles. The van der Waals surface area contributed by atoms with Crippen molar-refractivity contribution in [2.75, 3.05) is 19.7 Å². The third-order valence-corrected chi connectivity index (χ3v) is 4.84. The van der Waals surface area contributed by atoms with Crippen LogP contribution in [0.1, 0.15) is 17.2 Å². The van der Waals surface area contributed by atoms with Gasteiger partial charge in [0, 0.05) is 16.6 Å². The summed E-state index contributed by atoms with van der Waals surface area (Å²) in [5, 5.41) is 2.86. The Balaban J connectivity index is 1.85. The van der Waals surface area contributed by atoms with Crippen molar-refractivity contribution in [1.29, 1.82) is 0 Å². The van der Waals surface area contributed by atoms with Crippen LogP contribution < -0.4 is 11.1 Å². The summed E-state index contributed by atoms with van der Waals surface area (Å²) in [6.07, 6.45) is -0.843. The second kappa shape index (κ2) is 8.49. The Hall–Kier alpha value is -2.45. The number of nitrogens with one attached hydrogen (secondary N) is 1. The number of halogens is 2. The van der Waals surface area contributed by atoms with E-state index in [0.717, 1.165) is 5.56 Å². The molecule has 1 aliphatic rings. The maximum atomic E-state index is 14.6. The summed E-state index contributed by atoms with van der Waals surface area (Å²) in [6, 6.07) is 12.7. The summed E-state index contributed by atoms with van der Waals surface area (Å²) in [7, 11) is 0. The second-order valence-corrected chi connectivity index (χ2v) is 7.08. The molecule has 2 aromatic carbocycles. The van der Waals surface area contributed by atoms with Crippen LogP contribution in [0.2, 0.25) is 0 Å². The van der Waals surface area contributed by atoms with Gasteiger partial charge in [0.1, 0.15) is 5.82 Å². The molecular formula is C19H19BrFN3O3. The molecule has 0 bridgehead atoms. The molecule has 3 N–H and O–H groups in total. The van der Waals surface area contributed by atoms with E-state index < -0.39 is 29.9 Å². The van der Waals surface area contributed by atoms with E-state index in [0.29, 0.717) is 16.6 Å². The minimum absolute atomic E-state index is 0.0610. The van der Waals surface area contributed by atoms with Crippen LogP contribution in [0.15, 0.2) is 53.0 Å². The number of hydrogen-bond acceptors (Lipinski definition) is 3. The maximum Gasteiger partial charge on any atom is 0.318 e. The van der Waals surface area contributed by atoms with Gasteiger partial charge >= 0.3 is 6.03 Å². The lowest BCUT2D eigenvalue weighted by Gasteiger charge is -2.33. The van der Waals surface area contributed by atoms with E-state index in [4.69, 9.17) is 10.5 Å². The van der Waals surface area contributed by atoms with Crippen molar-refractivity contribution in [2.45, 2.75) is 12.1 Å². The Morgan fingerprint density at radius 3 is 2.67 bits per heavy atom. The van der Waals surface area contributed by atoms with Gasteiger partial charge in [0.2, 0.25) is 5.91 Å². The summed E-state index contributed by atoms with van der Waals surface area (Å²) in [5.41, 5.74) is 6.36. The molecular weight excluding hydrogens is 417 g/mol. The van der Waals surface area contributed by atoms with Gasteiger partial charge in [0.15, 0.2) is 6.10 Å². The van der Waals surface area contributed by atoms with Gasteiger partial charge in [0.05, 0.1) is 19.2 Å². The van der Waals surface area contributed by atoms with Gasteiger partial charge in [-0.3, -0.25) is 4.79 Å². The van der Waals surface area contributed by atoms with Crippen LogP contribution in [0.25, 0.3) is 0 Å². The first-order chi connectivity index (χ1) is 13.0. The number of nitrogens with zero attached hydrogens (tertiary/aromatic N) is 1. The molecule has 0 unspecified atom stereocenters. The van der Waals surface area contributed by atoms with Crippen molar-refractivity contribution < 1.29 is 18.7 Å². The van der Waals surface area contributed by atoms with E-state index in [1.165, 1.54) is 11.0 Å². The number of rotatable bonds is 4. The molecule has 1 aliphatic heterocycles. The van der Waals surface area contributed by atoms with Crippen molar-refractivity contribution in [1.82, 2.24) is 10.2 Å². The largest absolute Gasteiger partial charge is 0.367 e. The summed E-state index contributed by atoms with van der Waals surface area (Å²) in [5.74, 6) is -1.05. The maximum absolute atomic E-state index is 14.6. The number of amides is 3. The van der Waals surface area contributed by atoms with Crippen LogP contribution in [-0.2, 0) is 9.53 Å². The van der Waals surface area contributed by atoms with Crippen LogP contribution in [-0.4, -0.2) is 42.6 Å². The number of benzene rings is 2. The van der Waals surface area contributed by atoms with Crippen LogP contribution in [0.4, 0.5) is 9.18 Å². The molecule has 0 saturated carbocycles. The smallest absolute Gasteiger partial charge is 0.318 e. The van der Waals surface area contributed by atoms with Crippen molar-refractivity contribution in [2.24, 2.45) is 5.73 Å². The molecule has 3 amide bonds. The lowest BCUT2D eigenvalue weighted by Crippen LogP contribution is -2.53. The first kappa shape index (κ1) is 19.3. The number of carbonyl (C=O) groups excluding carboxylic acids is 2. The monoisotopic (exact) mass is 435 g/mol. The highest BCUT2D eigenvalue weighted by Crippen LogP contribution is 2.27. The van der Waals surface area contributed by atoms with Crippen LogP contribution in [0, 0.1) is 5.82 Å². The molecule has 0 radical (unpaired) electrons. The minimum Gasteiger partial charge on any atom is -0.367 e. The highest BCUT2D eigenvalue weighted by Gasteiger charge is 2.30. The molecule has 0 aliphatic carbocycles. The van der Waals surface area contributed by atoms with Crippen molar-refractivity contribution in [3.05, 3.63) is 69.9 Å². The van der Waals surface area contributed by atoms with Gasteiger partial charge in [-0.1, -0.05) is 52.3 Å². The van der Waals surface area contributed by atoms with Gasteiger partial charge in [0.25, 0.3) is 0 Å². The highest BCUT2D eigenvalue weighted by molar-refractivity contribution is 9.10. The fourth-order valence-corrected chi connectivity index (χ4v) is 3.28. The lowest BCUT2D eigenvalue weighted by atomic mass is 9.98. The summed E-state index contributed by atoms with van der Waals surface area (Å²) in [6.45, 7) is 0.592. The SMILES string of the molecule is NC(=O)[C@H]1CN(C(=O)N[C@@H](c2ccccc2)c2ccc(Br)cc2F)CCO1. The number of carbonyl (C=O) groups is 2. The van der Waals surface area contributed by atoms with E-state index >= 15 is 0 Å². The molecule has 6 nitrogen and oxygen atoms in total. The Morgan fingerprint density at radius 2 is 2.00 bits per heavy atom. The molecule has 142 valence electrons. The van der Waals surface area contributed by atoms with Gasteiger partial charge in [-0.2, -0.15) is 0 Å². The Labute approximate surface area is 164 Å².